The van der Waals surface area contributed by atoms with Crippen LogP contribution in [0.5, 0.6) is 5.75 Å². The maximum Gasteiger partial charge on any atom is 0.256 e. The van der Waals surface area contributed by atoms with Gasteiger partial charge in [-0.15, -0.1) is 0 Å². The molecular formula is C17H25NO3. The van der Waals surface area contributed by atoms with Gasteiger partial charge in [0.15, 0.2) is 0 Å². The van der Waals surface area contributed by atoms with E-state index in [0.29, 0.717) is 19.1 Å². The second-order valence-electron chi connectivity index (χ2n) is 5.64. The van der Waals surface area contributed by atoms with E-state index in [4.69, 9.17) is 9.47 Å². The highest BCUT2D eigenvalue weighted by Gasteiger charge is 2.48. The summed E-state index contributed by atoms with van der Waals surface area (Å²) in [6.07, 6.45) is 3.11. The Bertz CT molecular complexity index is 467. The molecule has 0 unspecified atom stereocenters. The minimum absolute atomic E-state index is 0.0610. The molecule has 1 fully saturated rings. The Hall–Kier alpha value is -1.55. The monoisotopic (exact) mass is 291 g/mol. The molecule has 1 aliphatic rings. The van der Waals surface area contributed by atoms with E-state index in [-0.39, 0.29) is 5.91 Å². The molecule has 0 radical (unpaired) electrons. The molecule has 1 aromatic carbocycles. The fourth-order valence-corrected chi connectivity index (χ4v) is 2.41. The molecule has 21 heavy (non-hydrogen) atoms. The predicted octanol–water partition coefficient (Wildman–Crippen LogP) is 3.62. The number of rotatable bonds is 8. The lowest BCUT2D eigenvalue weighted by molar-refractivity contribution is -0.141. The van der Waals surface area contributed by atoms with E-state index < -0.39 is 5.60 Å². The van der Waals surface area contributed by atoms with Crippen molar-refractivity contribution in [3.05, 3.63) is 24.3 Å². The average Bonchev–Trinajstić information content (AvgIpc) is 3.31. The number of carbonyl (C=O) groups is 1. The van der Waals surface area contributed by atoms with Crippen LogP contribution in [-0.2, 0) is 9.53 Å². The summed E-state index contributed by atoms with van der Waals surface area (Å²) in [6, 6.07) is 7.48. The summed E-state index contributed by atoms with van der Waals surface area (Å²) in [6.45, 7) is 7.14. The quantitative estimate of drug-likeness (QED) is 0.795. The zero-order chi connectivity index (χ0) is 15.3. The van der Waals surface area contributed by atoms with Gasteiger partial charge in [0, 0.05) is 12.3 Å². The number of nitrogens with one attached hydrogen (secondary N) is 1. The molecule has 1 amide bonds. The van der Waals surface area contributed by atoms with Gasteiger partial charge in [-0.25, -0.2) is 0 Å². The summed E-state index contributed by atoms with van der Waals surface area (Å²) in [5.41, 5.74) is 0.0574. The lowest BCUT2D eigenvalue weighted by atomic mass is 9.99. The van der Waals surface area contributed by atoms with Crippen LogP contribution in [0.2, 0.25) is 0 Å². The molecule has 4 heteroatoms. The first-order valence-corrected chi connectivity index (χ1v) is 7.78. The zero-order valence-corrected chi connectivity index (χ0v) is 13.1. The van der Waals surface area contributed by atoms with Gasteiger partial charge < -0.3 is 14.8 Å². The van der Waals surface area contributed by atoms with E-state index in [9.17, 15) is 4.79 Å². The van der Waals surface area contributed by atoms with Gasteiger partial charge in [-0.2, -0.15) is 0 Å². The Balaban J connectivity index is 1.98. The number of ether oxygens (including phenoxy) is 2. The van der Waals surface area contributed by atoms with Crippen molar-refractivity contribution in [1.29, 1.82) is 0 Å². The molecule has 0 saturated heterocycles. The van der Waals surface area contributed by atoms with Crippen molar-refractivity contribution in [1.82, 2.24) is 0 Å². The molecule has 0 aromatic heterocycles. The van der Waals surface area contributed by atoms with E-state index in [1.165, 1.54) is 0 Å². The third-order valence-corrected chi connectivity index (χ3v) is 3.84. The largest absolute Gasteiger partial charge is 0.494 e. The van der Waals surface area contributed by atoms with Crippen LogP contribution in [0.3, 0.4) is 0 Å². The third kappa shape index (κ3) is 3.97. The Morgan fingerprint density at radius 2 is 1.95 bits per heavy atom. The molecule has 1 saturated carbocycles. The molecule has 2 rings (SSSR count). The van der Waals surface area contributed by atoms with Crippen LogP contribution < -0.4 is 10.1 Å². The first-order valence-electron chi connectivity index (χ1n) is 7.78. The third-order valence-electron chi connectivity index (χ3n) is 3.84. The van der Waals surface area contributed by atoms with Gasteiger partial charge >= 0.3 is 0 Å². The van der Waals surface area contributed by atoms with Crippen molar-refractivity contribution in [3.63, 3.8) is 0 Å². The molecule has 0 aliphatic heterocycles. The Labute approximate surface area is 126 Å². The Morgan fingerprint density at radius 3 is 2.48 bits per heavy atom. The van der Waals surface area contributed by atoms with Gasteiger partial charge in [-0.05, 0) is 63.3 Å². The number of amides is 1. The average molecular weight is 291 g/mol. The van der Waals surface area contributed by atoms with Gasteiger partial charge in [0.25, 0.3) is 5.91 Å². The number of anilines is 1. The van der Waals surface area contributed by atoms with E-state index >= 15 is 0 Å². The number of hydrogen-bond donors (Lipinski definition) is 1. The van der Waals surface area contributed by atoms with Crippen molar-refractivity contribution in [2.45, 2.75) is 45.6 Å². The Morgan fingerprint density at radius 1 is 1.29 bits per heavy atom. The number of hydrogen-bond acceptors (Lipinski definition) is 3. The molecular weight excluding hydrogens is 266 g/mol. The molecule has 116 valence electrons. The van der Waals surface area contributed by atoms with E-state index in [1.54, 1.807) is 0 Å². The second-order valence-corrected chi connectivity index (χ2v) is 5.64. The van der Waals surface area contributed by atoms with Crippen molar-refractivity contribution in [2.24, 2.45) is 5.92 Å². The lowest BCUT2D eigenvalue weighted by Gasteiger charge is -2.28. The van der Waals surface area contributed by atoms with Gasteiger partial charge in [0.1, 0.15) is 11.4 Å². The molecule has 0 heterocycles. The molecule has 1 N–H and O–H groups in total. The summed E-state index contributed by atoms with van der Waals surface area (Å²) in [7, 11) is 0. The number of carbonyl (C=O) groups excluding carboxylic acids is 1. The zero-order valence-electron chi connectivity index (χ0n) is 13.1. The molecule has 1 atom stereocenters. The molecule has 1 aromatic rings. The van der Waals surface area contributed by atoms with E-state index in [1.807, 2.05) is 38.1 Å². The highest BCUT2D eigenvalue weighted by molar-refractivity contribution is 5.97. The fourth-order valence-electron chi connectivity index (χ4n) is 2.41. The second kappa shape index (κ2) is 6.94. The number of benzene rings is 1. The van der Waals surface area contributed by atoms with Crippen LogP contribution in [0.15, 0.2) is 24.3 Å². The van der Waals surface area contributed by atoms with Gasteiger partial charge in [-0.1, -0.05) is 6.92 Å². The molecule has 0 spiro atoms. The van der Waals surface area contributed by atoms with Crippen LogP contribution in [0, 0.1) is 5.92 Å². The van der Waals surface area contributed by atoms with Crippen molar-refractivity contribution in [3.8, 4) is 5.75 Å². The first-order chi connectivity index (χ1) is 10.1. The van der Waals surface area contributed by atoms with Gasteiger partial charge in [-0.3, -0.25) is 4.79 Å². The fraction of sp³-hybridized carbons (Fsp3) is 0.588. The Kier molecular flexibility index (Phi) is 5.23. The van der Waals surface area contributed by atoms with Crippen LogP contribution in [-0.4, -0.2) is 24.7 Å². The minimum atomic E-state index is -0.716. The molecule has 4 nitrogen and oxygen atoms in total. The van der Waals surface area contributed by atoms with Gasteiger partial charge in [0.05, 0.1) is 6.61 Å². The SMILES string of the molecule is CCCOc1ccc(NC(=O)[C@](C)(OCC)C2CC2)cc1. The van der Waals surface area contributed by atoms with Crippen LogP contribution in [0.25, 0.3) is 0 Å². The highest BCUT2D eigenvalue weighted by Crippen LogP contribution is 2.42. The van der Waals surface area contributed by atoms with Gasteiger partial charge in [0.2, 0.25) is 0 Å². The minimum Gasteiger partial charge on any atom is -0.494 e. The van der Waals surface area contributed by atoms with Crippen LogP contribution in [0.1, 0.15) is 40.0 Å². The molecule has 1 aliphatic carbocycles. The normalized spacial score (nSPS) is 17.1. The lowest BCUT2D eigenvalue weighted by Crippen LogP contribution is -2.44. The van der Waals surface area contributed by atoms with E-state index in [2.05, 4.69) is 12.2 Å². The molecule has 0 bridgehead atoms. The summed E-state index contributed by atoms with van der Waals surface area (Å²) in [4.78, 5) is 12.5. The van der Waals surface area contributed by atoms with Crippen molar-refractivity contribution < 1.29 is 14.3 Å². The summed E-state index contributed by atoms with van der Waals surface area (Å²) in [5, 5.41) is 2.95. The van der Waals surface area contributed by atoms with Crippen LogP contribution >= 0.6 is 0 Å². The van der Waals surface area contributed by atoms with E-state index in [0.717, 1.165) is 30.7 Å². The highest BCUT2D eigenvalue weighted by atomic mass is 16.5. The maximum atomic E-state index is 12.5. The summed E-state index contributed by atoms with van der Waals surface area (Å²) < 4.78 is 11.3. The maximum absolute atomic E-state index is 12.5. The van der Waals surface area contributed by atoms with Crippen LogP contribution in [0.4, 0.5) is 5.69 Å². The summed E-state index contributed by atoms with van der Waals surface area (Å²) in [5.74, 6) is 1.10. The topological polar surface area (TPSA) is 47.6 Å². The smallest absolute Gasteiger partial charge is 0.256 e. The van der Waals surface area contributed by atoms with Crippen molar-refractivity contribution >= 4 is 11.6 Å². The first kappa shape index (κ1) is 15.8. The van der Waals surface area contributed by atoms with Crippen molar-refractivity contribution in [2.75, 3.05) is 18.5 Å². The summed E-state index contributed by atoms with van der Waals surface area (Å²) >= 11 is 0. The predicted molar refractivity (Wildman–Crippen MR) is 83.6 cm³/mol. The standard InChI is InChI=1S/C17H25NO3/c1-4-12-20-15-10-8-14(9-11-15)18-16(19)17(3,21-5-2)13-6-7-13/h8-11,13H,4-7,12H2,1-3H3,(H,18,19)/t17-/m1/s1.